The fourth-order valence-electron chi connectivity index (χ4n) is 2.61. The highest BCUT2D eigenvalue weighted by Gasteiger charge is 2.11. The second-order valence-corrected chi connectivity index (χ2v) is 6.84. The van der Waals surface area contributed by atoms with Gasteiger partial charge in [-0.05, 0) is 56.8 Å². The molecule has 7 nitrogen and oxygen atoms in total. The lowest BCUT2D eigenvalue weighted by molar-refractivity contribution is 0.0526. The van der Waals surface area contributed by atoms with Crippen molar-refractivity contribution in [2.75, 3.05) is 11.9 Å². The molecule has 0 bridgehead atoms. The second kappa shape index (κ2) is 9.29. The molecular formula is C21H22N4O3S. The second-order valence-electron chi connectivity index (χ2n) is 6.44. The van der Waals surface area contributed by atoms with Gasteiger partial charge in [-0.3, -0.25) is 0 Å². The van der Waals surface area contributed by atoms with Crippen molar-refractivity contribution in [3.8, 4) is 11.4 Å². The van der Waals surface area contributed by atoms with Gasteiger partial charge in [0.15, 0.2) is 5.11 Å². The first-order valence-electron chi connectivity index (χ1n) is 9.18. The number of hydrogen-bond acceptors (Lipinski definition) is 6. The maximum Gasteiger partial charge on any atom is 0.338 e. The first-order valence-corrected chi connectivity index (χ1v) is 9.59. The van der Waals surface area contributed by atoms with Crippen LogP contribution in [0, 0.1) is 13.8 Å². The normalized spacial score (nSPS) is 10.4. The molecule has 2 N–H and O–H groups in total. The largest absolute Gasteiger partial charge is 0.462 e. The van der Waals surface area contributed by atoms with Gasteiger partial charge in [-0.2, -0.15) is 4.98 Å². The standard InChI is InChI=1S/C21H22N4O3S/c1-4-27-20(26)16-9-10-17(14(3)11-16)23-21(29)22-12-18-24-19(25-28-18)15-7-5-13(2)6-8-15/h5-11H,4,12H2,1-3H3,(H2,22,23,29). The summed E-state index contributed by atoms with van der Waals surface area (Å²) in [5.74, 6) is 0.619. The minimum absolute atomic E-state index is 0.296. The molecular weight excluding hydrogens is 388 g/mol. The van der Waals surface area contributed by atoms with Gasteiger partial charge in [0, 0.05) is 11.3 Å². The van der Waals surface area contributed by atoms with Crippen molar-refractivity contribution < 1.29 is 14.1 Å². The topological polar surface area (TPSA) is 89.3 Å². The Morgan fingerprint density at radius 1 is 1.17 bits per heavy atom. The Kier molecular flexibility index (Phi) is 6.56. The van der Waals surface area contributed by atoms with E-state index < -0.39 is 0 Å². The smallest absolute Gasteiger partial charge is 0.338 e. The minimum atomic E-state index is -0.344. The van der Waals surface area contributed by atoms with E-state index in [0.29, 0.717) is 35.5 Å². The number of hydrogen-bond donors (Lipinski definition) is 2. The van der Waals surface area contributed by atoms with E-state index in [1.807, 2.05) is 38.1 Å². The van der Waals surface area contributed by atoms with Crippen LogP contribution in [0.25, 0.3) is 11.4 Å². The number of aryl methyl sites for hydroxylation is 2. The molecule has 3 rings (SSSR count). The summed E-state index contributed by atoms with van der Waals surface area (Å²) in [6, 6.07) is 13.1. The van der Waals surface area contributed by atoms with Gasteiger partial charge in [0.1, 0.15) is 0 Å². The quantitative estimate of drug-likeness (QED) is 0.465. The van der Waals surface area contributed by atoms with Gasteiger partial charge in [0.2, 0.25) is 11.7 Å². The van der Waals surface area contributed by atoms with Crippen LogP contribution in [-0.4, -0.2) is 27.8 Å². The maximum atomic E-state index is 11.8. The van der Waals surface area contributed by atoms with E-state index in [0.717, 1.165) is 16.8 Å². The van der Waals surface area contributed by atoms with Gasteiger partial charge in [0.05, 0.1) is 18.7 Å². The van der Waals surface area contributed by atoms with E-state index in [2.05, 4.69) is 20.8 Å². The lowest BCUT2D eigenvalue weighted by atomic mass is 10.1. The zero-order valence-electron chi connectivity index (χ0n) is 16.5. The number of nitrogens with zero attached hydrogens (tertiary/aromatic N) is 2. The van der Waals surface area contributed by atoms with Crippen molar-refractivity contribution in [2.45, 2.75) is 27.3 Å². The van der Waals surface area contributed by atoms with Gasteiger partial charge in [0.25, 0.3) is 0 Å². The van der Waals surface area contributed by atoms with Gasteiger partial charge in [-0.25, -0.2) is 4.79 Å². The van der Waals surface area contributed by atoms with Crippen LogP contribution in [0.5, 0.6) is 0 Å². The van der Waals surface area contributed by atoms with E-state index in [9.17, 15) is 4.79 Å². The molecule has 0 unspecified atom stereocenters. The van der Waals surface area contributed by atoms with Gasteiger partial charge in [-0.15, -0.1) is 0 Å². The number of esters is 1. The summed E-state index contributed by atoms with van der Waals surface area (Å²) >= 11 is 5.33. The third kappa shape index (κ3) is 5.39. The number of anilines is 1. The van der Waals surface area contributed by atoms with Crippen LogP contribution in [0.3, 0.4) is 0 Å². The Labute approximate surface area is 174 Å². The number of benzene rings is 2. The summed E-state index contributed by atoms with van der Waals surface area (Å²) in [5, 5.41) is 10.5. The highest BCUT2D eigenvalue weighted by Crippen LogP contribution is 2.18. The molecule has 0 atom stereocenters. The highest BCUT2D eigenvalue weighted by atomic mass is 32.1. The average molecular weight is 410 g/mol. The third-order valence-corrected chi connectivity index (χ3v) is 4.41. The summed E-state index contributed by atoms with van der Waals surface area (Å²) in [5.41, 5.74) is 4.23. The van der Waals surface area contributed by atoms with E-state index in [1.165, 1.54) is 5.56 Å². The van der Waals surface area contributed by atoms with Crippen LogP contribution in [0.15, 0.2) is 47.0 Å². The van der Waals surface area contributed by atoms with Crippen LogP contribution in [0.4, 0.5) is 5.69 Å². The molecule has 2 aromatic carbocycles. The molecule has 150 valence electrons. The lowest BCUT2D eigenvalue weighted by Gasteiger charge is -2.12. The minimum Gasteiger partial charge on any atom is -0.462 e. The van der Waals surface area contributed by atoms with E-state index >= 15 is 0 Å². The average Bonchev–Trinajstić information content (AvgIpc) is 3.18. The summed E-state index contributed by atoms with van der Waals surface area (Å²) in [4.78, 5) is 16.2. The Hall–Kier alpha value is -3.26. The van der Waals surface area contributed by atoms with Crippen molar-refractivity contribution >= 4 is 29.0 Å². The summed E-state index contributed by atoms with van der Waals surface area (Å²) in [6.45, 7) is 6.32. The Morgan fingerprint density at radius 3 is 2.62 bits per heavy atom. The fourth-order valence-corrected chi connectivity index (χ4v) is 2.80. The Balaban J connectivity index is 1.56. The number of thiocarbonyl (C=S) groups is 1. The van der Waals surface area contributed by atoms with E-state index in [4.69, 9.17) is 21.5 Å². The Bertz CT molecular complexity index is 1020. The number of aromatic nitrogens is 2. The number of rotatable bonds is 6. The van der Waals surface area contributed by atoms with Crippen LogP contribution in [0.1, 0.15) is 34.3 Å². The predicted octanol–water partition coefficient (Wildman–Crippen LogP) is 4.02. The summed E-state index contributed by atoms with van der Waals surface area (Å²) in [7, 11) is 0. The first kappa shape index (κ1) is 20.5. The van der Waals surface area contributed by atoms with Gasteiger partial charge >= 0.3 is 5.97 Å². The molecule has 0 aliphatic heterocycles. The zero-order valence-corrected chi connectivity index (χ0v) is 17.3. The van der Waals surface area contributed by atoms with Crippen molar-refractivity contribution in [3.63, 3.8) is 0 Å². The van der Waals surface area contributed by atoms with Crippen LogP contribution in [0.2, 0.25) is 0 Å². The van der Waals surface area contributed by atoms with Crippen molar-refractivity contribution in [3.05, 3.63) is 65.0 Å². The molecule has 29 heavy (non-hydrogen) atoms. The zero-order chi connectivity index (χ0) is 20.8. The van der Waals surface area contributed by atoms with E-state index in [-0.39, 0.29) is 5.97 Å². The molecule has 3 aromatic rings. The fraction of sp³-hybridized carbons (Fsp3) is 0.238. The maximum absolute atomic E-state index is 11.8. The molecule has 0 fully saturated rings. The number of ether oxygens (including phenoxy) is 1. The van der Waals surface area contributed by atoms with Crippen LogP contribution >= 0.6 is 12.2 Å². The molecule has 0 radical (unpaired) electrons. The summed E-state index contributed by atoms with van der Waals surface area (Å²) < 4.78 is 10.3. The highest BCUT2D eigenvalue weighted by molar-refractivity contribution is 7.80. The molecule has 0 amide bonds. The van der Waals surface area contributed by atoms with Crippen LogP contribution < -0.4 is 10.6 Å². The molecule has 1 heterocycles. The lowest BCUT2D eigenvalue weighted by Crippen LogP contribution is -2.28. The Morgan fingerprint density at radius 2 is 1.93 bits per heavy atom. The predicted molar refractivity (Wildman–Crippen MR) is 115 cm³/mol. The van der Waals surface area contributed by atoms with Crippen molar-refractivity contribution in [2.24, 2.45) is 0 Å². The monoisotopic (exact) mass is 410 g/mol. The van der Waals surface area contributed by atoms with Gasteiger partial charge < -0.3 is 19.9 Å². The number of carbonyl (C=O) groups is 1. The molecule has 1 aromatic heterocycles. The SMILES string of the molecule is CCOC(=O)c1ccc(NC(=S)NCc2nc(-c3ccc(C)cc3)no2)c(C)c1. The number of carbonyl (C=O) groups excluding carboxylic acids is 1. The molecule has 0 saturated carbocycles. The summed E-state index contributed by atoms with van der Waals surface area (Å²) in [6.07, 6.45) is 0. The number of nitrogens with one attached hydrogen (secondary N) is 2. The van der Waals surface area contributed by atoms with Crippen molar-refractivity contribution in [1.29, 1.82) is 0 Å². The molecule has 0 saturated heterocycles. The van der Waals surface area contributed by atoms with Crippen molar-refractivity contribution in [1.82, 2.24) is 15.5 Å². The molecule has 0 aliphatic rings. The molecule has 0 spiro atoms. The third-order valence-electron chi connectivity index (χ3n) is 4.16. The molecule has 0 aliphatic carbocycles. The van der Waals surface area contributed by atoms with E-state index in [1.54, 1.807) is 25.1 Å². The van der Waals surface area contributed by atoms with Gasteiger partial charge in [-0.1, -0.05) is 35.0 Å². The molecule has 8 heteroatoms. The first-order chi connectivity index (χ1) is 14.0. The van der Waals surface area contributed by atoms with Crippen LogP contribution in [-0.2, 0) is 11.3 Å².